The van der Waals surface area contributed by atoms with Gasteiger partial charge in [-0.25, -0.2) is 0 Å². The van der Waals surface area contributed by atoms with E-state index in [9.17, 15) is 4.79 Å². The van der Waals surface area contributed by atoms with Crippen molar-refractivity contribution < 1.29 is 14.6 Å². The first-order chi connectivity index (χ1) is 10.8. The van der Waals surface area contributed by atoms with Crippen LogP contribution >= 0.6 is 0 Å². The smallest absolute Gasteiger partial charge is 0.253 e. The fourth-order valence-corrected chi connectivity index (χ4v) is 3.43. The lowest BCUT2D eigenvalue weighted by Gasteiger charge is -2.32. The highest BCUT2D eigenvalue weighted by Crippen LogP contribution is 2.24. The Morgan fingerprint density at radius 2 is 2.00 bits per heavy atom. The molecule has 3 rings (SSSR count). The summed E-state index contributed by atoms with van der Waals surface area (Å²) >= 11 is 0. The van der Waals surface area contributed by atoms with Gasteiger partial charge in [0.15, 0.2) is 0 Å². The van der Waals surface area contributed by atoms with Crippen molar-refractivity contribution in [2.24, 2.45) is 0 Å². The summed E-state index contributed by atoms with van der Waals surface area (Å²) < 4.78 is 5.72. The van der Waals surface area contributed by atoms with Gasteiger partial charge < -0.3 is 14.7 Å². The highest BCUT2D eigenvalue weighted by atomic mass is 16.5. The maximum Gasteiger partial charge on any atom is 0.253 e. The number of amides is 1. The quantitative estimate of drug-likeness (QED) is 0.848. The predicted octanol–water partition coefficient (Wildman–Crippen LogP) is 2.18. The van der Waals surface area contributed by atoms with Crippen molar-refractivity contribution in [3.8, 4) is 0 Å². The number of aliphatic hydroxyl groups is 1. The van der Waals surface area contributed by atoms with Gasteiger partial charge in [-0.1, -0.05) is 6.07 Å². The monoisotopic (exact) mass is 303 g/mol. The molecular weight excluding hydrogens is 278 g/mol. The summed E-state index contributed by atoms with van der Waals surface area (Å²) in [6.07, 6.45) is 6.18. The highest BCUT2D eigenvalue weighted by Gasteiger charge is 2.24. The third-order valence-electron chi connectivity index (χ3n) is 4.73. The van der Waals surface area contributed by atoms with E-state index in [0.717, 1.165) is 44.3 Å². The molecule has 2 aliphatic rings. The molecule has 0 aromatic heterocycles. The van der Waals surface area contributed by atoms with Crippen molar-refractivity contribution in [1.29, 1.82) is 0 Å². The third kappa shape index (κ3) is 3.50. The number of hydrogen-bond donors (Lipinski definition) is 1. The molecule has 4 heteroatoms. The topological polar surface area (TPSA) is 49.8 Å². The molecule has 1 aromatic carbocycles. The summed E-state index contributed by atoms with van der Waals surface area (Å²) in [4.78, 5) is 14.6. The van der Waals surface area contributed by atoms with Crippen molar-refractivity contribution in [1.82, 2.24) is 4.90 Å². The van der Waals surface area contributed by atoms with Crippen LogP contribution in [0.5, 0.6) is 0 Å². The second kappa shape index (κ2) is 7.25. The number of piperidine rings is 1. The van der Waals surface area contributed by atoms with E-state index in [4.69, 9.17) is 9.84 Å². The van der Waals surface area contributed by atoms with Crippen molar-refractivity contribution in [3.05, 3.63) is 34.9 Å². The fraction of sp³-hybridized carbons (Fsp3) is 0.611. The Bertz CT molecular complexity index is 521. The molecule has 0 bridgehead atoms. The number of carbonyl (C=O) groups excluding carboxylic acids is 1. The van der Waals surface area contributed by atoms with Crippen LogP contribution in [0.3, 0.4) is 0 Å². The lowest BCUT2D eigenvalue weighted by molar-refractivity contribution is 0.00397. The van der Waals surface area contributed by atoms with Gasteiger partial charge in [0.1, 0.15) is 0 Å². The van der Waals surface area contributed by atoms with Crippen LogP contribution in [-0.2, 0) is 17.6 Å². The van der Waals surface area contributed by atoms with Gasteiger partial charge in [0, 0.05) is 31.9 Å². The van der Waals surface area contributed by atoms with E-state index in [2.05, 4.69) is 12.1 Å². The molecule has 0 unspecified atom stereocenters. The van der Waals surface area contributed by atoms with E-state index in [-0.39, 0.29) is 18.6 Å². The van der Waals surface area contributed by atoms with Gasteiger partial charge in [0.05, 0.1) is 6.10 Å². The van der Waals surface area contributed by atoms with E-state index >= 15 is 0 Å². The van der Waals surface area contributed by atoms with Gasteiger partial charge in [-0.15, -0.1) is 0 Å². The molecule has 0 spiro atoms. The van der Waals surface area contributed by atoms with Crippen molar-refractivity contribution in [2.75, 3.05) is 26.3 Å². The Balaban J connectivity index is 1.53. The maximum absolute atomic E-state index is 12.6. The zero-order chi connectivity index (χ0) is 15.4. The molecule has 1 aliphatic carbocycles. The summed E-state index contributed by atoms with van der Waals surface area (Å²) in [5, 5.41) is 8.77. The minimum absolute atomic E-state index is 0.156. The second-order valence-corrected chi connectivity index (χ2v) is 6.28. The Morgan fingerprint density at radius 3 is 2.77 bits per heavy atom. The Morgan fingerprint density at radius 1 is 1.23 bits per heavy atom. The average molecular weight is 303 g/mol. The molecule has 1 N–H and O–H groups in total. The van der Waals surface area contributed by atoms with Crippen molar-refractivity contribution in [2.45, 2.75) is 44.6 Å². The maximum atomic E-state index is 12.6. The predicted molar refractivity (Wildman–Crippen MR) is 85.0 cm³/mol. The molecule has 120 valence electrons. The summed E-state index contributed by atoms with van der Waals surface area (Å²) in [6.45, 7) is 2.31. The number of fused-ring (bicyclic) bond motifs is 1. The van der Waals surface area contributed by atoms with Crippen LogP contribution in [-0.4, -0.2) is 48.3 Å². The second-order valence-electron chi connectivity index (χ2n) is 6.28. The highest BCUT2D eigenvalue weighted by molar-refractivity contribution is 5.94. The molecule has 0 atom stereocenters. The summed E-state index contributed by atoms with van der Waals surface area (Å²) in [6, 6.07) is 6.20. The number of rotatable bonds is 5. The largest absolute Gasteiger partial charge is 0.396 e. The lowest BCUT2D eigenvalue weighted by Crippen LogP contribution is -2.41. The Kier molecular flexibility index (Phi) is 5.11. The van der Waals surface area contributed by atoms with Gasteiger partial charge in [0.2, 0.25) is 0 Å². The zero-order valence-corrected chi connectivity index (χ0v) is 13.1. The number of ether oxygens (including phenoxy) is 1. The molecule has 0 radical (unpaired) electrons. The lowest BCUT2D eigenvalue weighted by atomic mass is 10.0. The minimum atomic E-state index is 0.156. The zero-order valence-electron chi connectivity index (χ0n) is 13.1. The van der Waals surface area contributed by atoms with Crippen molar-refractivity contribution in [3.63, 3.8) is 0 Å². The third-order valence-corrected chi connectivity index (χ3v) is 4.73. The number of benzene rings is 1. The fourth-order valence-electron chi connectivity index (χ4n) is 3.43. The number of aliphatic hydroxyl groups excluding tert-OH is 1. The number of nitrogens with zero attached hydrogens (tertiary/aromatic N) is 1. The average Bonchev–Trinajstić information content (AvgIpc) is 3.02. The van der Waals surface area contributed by atoms with Gasteiger partial charge in [-0.2, -0.15) is 0 Å². The number of likely N-dealkylation sites (tertiary alicyclic amines) is 1. The first-order valence-electron chi connectivity index (χ1n) is 8.41. The summed E-state index contributed by atoms with van der Waals surface area (Å²) in [5.41, 5.74) is 3.60. The van der Waals surface area contributed by atoms with Crippen LogP contribution in [0.4, 0.5) is 0 Å². The van der Waals surface area contributed by atoms with E-state index in [1.54, 1.807) is 0 Å². The first-order valence-corrected chi connectivity index (χ1v) is 8.41. The van der Waals surface area contributed by atoms with Gasteiger partial charge in [-0.3, -0.25) is 4.79 Å². The molecule has 1 fully saturated rings. The van der Waals surface area contributed by atoms with Crippen LogP contribution in [0.2, 0.25) is 0 Å². The summed E-state index contributed by atoms with van der Waals surface area (Å²) in [7, 11) is 0. The summed E-state index contributed by atoms with van der Waals surface area (Å²) in [5.74, 6) is 0.156. The standard InChI is InChI=1S/C18H25NO3/c20-11-2-12-22-17-7-9-19(10-8-17)18(21)16-6-5-14-3-1-4-15(14)13-16/h5-6,13,17,20H,1-4,7-12H2. The van der Waals surface area contributed by atoms with Crippen LogP contribution in [0.25, 0.3) is 0 Å². The van der Waals surface area contributed by atoms with E-state index in [1.165, 1.54) is 17.5 Å². The molecule has 4 nitrogen and oxygen atoms in total. The van der Waals surface area contributed by atoms with Gasteiger partial charge in [-0.05, 0) is 61.8 Å². The first kappa shape index (κ1) is 15.5. The van der Waals surface area contributed by atoms with E-state index < -0.39 is 0 Å². The number of aryl methyl sites for hydroxylation is 2. The molecule has 1 aliphatic heterocycles. The van der Waals surface area contributed by atoms with Crippen molar-refractivity contribution >= 4 is 5.91 Å². The Hall–Kier alpha value is -1.39. The SMILES string of the molecule is O=C(c1ccc2c(c1)CCC2)N1CCC(OCCCO)CC1. The van der Waals surface area contributed by atoms with Crippen LogP contribution < -0.4 is 0 Å². The van der Waals surface area contributed by atoms with Gasteiger partial charge >= 0.3 is 0 Å². The number of carbonyl (C=O) groups is 1. The molecule has 1 aromatic rings. The molecular formula is C18H25NO3. The van der Waals surface area contributed by atoms with Gasteiger partial charge in [0.25, 0.3) is 5.91 Å². The normalized spacial score (nSPS) is 18.5. The minimum Gasteiger partial charge on any atom is -0.396 e. The molecule has 0 saturated carbocycles. The number of hydrogen-bond acceptors (Lipinski definition) is 3. The molecule has 1 heterocycles. The van der Waals surface area contributed by atoms with Crippen LogP contribution in [0.15, 0.2) is 18.2 Å². The van der Waals surface area contributed by atoms with E-state index in [1.807, 2.05) is 11.0 Å². The molecule has 1 saturated heterocycles. The molecule has 1 amide bonds. The Labute approximate surface area is 132 Å². The molecule has 22 heavy (non-hydrogen) atoms. The van der Waals surface area contributed by atoms with Crippen LogP contribution in [0, 0.1) is 0 Å². The van der Waals surface area contributed by atoms with Crippen LogP contribution in [0.1, 0.15) is 47.2 Å². The van der Waals surface area contributed by atoms with E-state index in [0.29, 0.717) is 13.0 Å².